The van der Waals surface area contributed by atoms with Gasteiger partial charge in [-0.1, -0.05) is 0 Å². The van der Waals surface area contributed by atoms with Gasteiger partial charge in [0.15, 0.2) is 6.10 Å². The standard InChI is InChI=1S/C15H19N5O3/c1-9-8-10(2)20-15(16-9)17-12(18-20)14(22)23-11(3)13(21)19-6-4-5-7-19/h8,11H,4-7H2,1-3H3/t11-/m0/s1. The van der Waals surface area contributed by atoms with Crippen LogP contribution >= 0.6 is 0 Å². The number of aromatic nitrogens is 4. The van der Waals surface area contributed by atoms with E-state index in [1.54, 1.807) is 11.8 Å². The summed E-state index contributed by atoms with van der Waals surface area (Å²) in [4.78, 5) is 34.4. The lowest BCUT2D eigenvalue weighted by Gasteiger charge is -2.19. The largest absolute Gasteiger partial charge is 0.447 e. The number of rotatable bonds is 3. The second kappa shape index (κ2) is 5.94. The van der Waals surface area contributed by atoms with E-state index in [0.29, 0.717) is 5.78 Å². The topological polar surface area (TPSA) is 89.7 Å². The lowest BCUT2D eigenvalue weighted by Crippen LogP contribution is -2.38. The molecule has 0 radical (unpaired) electrons. The summed E-state index contributed by atoms with van der Waals surface area (Å²) >= 11 is 0. The molecule has 1 aliphatic heterocycles. The van der Waals surface area contributed by atoms with E-state index in [1.165, 1.54) is 4.52 Å². The number of esters is 1. The van der Waals surface area contributed by atoms with Crippen LogP contribution in [0.25, 0.3) is 5.78 Å². The predicted octanol–water partition coefficient (Wildman–Crippen LogP) is 0.909. The van der Waals surface area contributed by atoms with Crippen molar-refractivity contribution in [3.63, 3.8) is 0 Å². The zero-order valence-electron chi connectivity index (χ0n) is 13.4. The van der Waals surface area contributed by atoms with Gasteiger partial charge in [-0.3, -0.25) is 4.79 Å². The first-order chi connectivity index (χ1) is 11.0. The number of carbonyl (C=O) groups is 2. The number of carbonyl (C=O) groups excluding carboxylic acids is 2. The zero-order valence-corrected chi connectivity index (χ0v) is 13.4. The summed E-state index contributed by atoms with van der Waals surface area (Å²) in [5.41, 5.74) is 1.61. The number of nitrogens with zero attached hydrogens (tertiary/aromatic N) is 5. The Labute approximate surface area is 133 Å². The quantitative estimate of drug-likeness (QED) is 0.782. The van der Waals surface area contributed by atoms with Crippen LogP contribution in [0, 0.1) is 13.8 Å². The van der Waals surface area contributed by atoms with Gasteiger partial charge in [-0.2, -0.15) is 4.98 Å². The third-order valence-electron chi connectivity index (χ3n) is 3.85. The first-order valence-corrected chi connectivity index (χ1v) is 7.66. The van der Waals surface area contributed by atoms with Gasteiger partial charge in [-0.15, -0.1) is 5.10 Å². The summed E-state index contributed by atoms with van der Waals surface area (Å²) in [5, 5.41) is 4.11. The van der Waals surface area contributed by atoms with Crippen LogP contribution in [0.2, 0.25) is 0 Å². The van der Waals surface area contributed by atoms with Crippen LogP contribution in [0.1, 0.15) is 41.8 Å². The highest BCUT2D eigenvalue weighted by Gasteiger charge is 2.27. The summed E-state index contributed by atoms with van der Waals surface area (Å²) in [6.07, 6.45) is 1.14. The summed E-state index contributed by atoms with van der Waals surface area (Å²) < 4.78 is 6.70. The monoisotopic (exact) mass is 317 g/mol. The van der Waals surface area contributed by atoms with Gasteiger partial charge in [0.1, 0.15) is 0 Å². The highest BCUT2D eigenvalue weighted by molar-refractivity contribution is 5.89. The fourth-order valence-corrected chi connectivity index (χ4v) is 2.71. The minimum absolute atomic E-state index is 0.0905. The molecule has 122 valence electrons. The second-order valence-corrected chi connectivity index (χ2v) is 5.77. The van der Waals surface area contributed by atoms with Crippen LogP contribution in [0.4, 0.5) is 0 Å². The van der Waals surface area contributed by atoms with E-state index in [4.69, 9.17) is 4.74 Å². The molecule has 0 spiro atoms. The Balaban J connectivity index is 1.75. The molecule has 0 bridgehead atoms. The molecule has 23 heavy (non-hydrogen) atoms. The first-order valence-electron chi connectivity index (χ1n) is 7.66. The molecule has 1 amide bonds. The number of hydrogen-bond donors (Lipinski definition) is 0. The Bertz CT molecular complexity index is 764. The van der Waals surface area contributed by atoms with Crippen LogP contribution in [0.15, 0.2) is 6.07 Å². The van der Waals surface area contributed by atoms with Gasteiger partial charge in [0.05, 0.1) is 0 Å². The predicted molar refractivity (Wildman–Crippen MR) is 80.9 cm³/mol. The lowest BCUT2D eigenvalue weighted by atomic mass is 10.3. The van der Waals surface area contributed by atoms with Crippen molar-refractivity contribution in [3.8, 4) is 0 Å². The zero-order chi connectivity index (χ0) is 16.6. The maximum atomic E-state index is 12.2. The average Bonchev–Trinajstić information content (AvgIpc) is 3.15. The summed E-state index contributed by atoms with van der Waals surface area (Å²) in [6.45, 7) is 6.70. The molecule has 1 fully saturated rings. The van der Waals surface area contributed by atoms with E-state index in [-0.39, 0.29) is 11.7 Å². The Morgan fingerprint density at radius 3 is 2.61 bits per heavy atom. The van der Waals surface area contributed by atoms with E-state index < -0.39 is 12.1 Å². The fraction of sp³-hybridized carbons (Fsp3) is 0.533. The van der Waals surface area contributed by atoms with Crippen molar-refractivity contribution in [2.45, 2.75) is 39.7 Å². The Hall–Kier alpha value is -2.51. The molecule has 3 heterocycles. The molecule has 2 aromatic heterocycles. The van der Waals surface area contributed by atoms with Crippen molar-refractivity contribution in [2.24, 2.45) is 0 Å². The molecule has 0 aromatic carbocycles. The highest BCUT2D eigenvalue weighted by Crippen LogP contribution is 2.12. The molecule has 0 aliphatic carbocycles. The highest BCUT2D eigenvalue weighted by atomic mass is 16.5. The molecule has 0 N–H and O–H groups in total. The van der Waals surface area contributed by atoms with Crippen LogP contribution < -0.4 is 0 Å². The lowest BCUT2D eigenvalue weighted by molar-refractivity contribution is -0.138. The van der Waals surface area contributed by atoms with Gasteiger partial charge < -0.3 is 9.64 Å². The number of amides is 1. The number of fused-ring (bicyclic) bond motifs is 1. The van der Waals surface area contributed by atoms with Crippen molar-refractivity contribution < 1.29 is 14.3 Å². The van der Waals surface area contributed by atoms with Crippen molar-refractivity contribution in [2.75, 3.05) is 13.1 Å². The second-order valence-electron chi connectivity index (χ2n) is 5.77. The van der Waals surface area contributed by atoms with Crippen molar-refractivity contribution in [1.82, 2.24) is 24.5 Å². The van der Waals surface area contributed by atoms with Gasteiger partial charge in [0, 0.05) is 24.5 Å². The molecule has 3 rings (SSSR count). The van der Waals surface area contributed by atoms with Crippen LogP contribution in [-0.4, -0.2) is 55.6 Å². The van der Waals surface area contributed by atoms with Gasteiger partial charge >= 0.3 is 5.97 Å². The third kappa shape index (κ3) is 3.01. The van der Waals surface area contributed by atoms with Crippen molar-refractivity contribution in [3.05, 3.63) is 23.3 Å². The molecular weight excluding hydrogens is 298 g/mol. The third-order valence-corrected chi connectivity index (χ3v) is 3.85. The number of hydrogen-bond acceptors (Lipinski definition) is 6. The Morgan fingerprint density at radius 2 is 1.91 bits per heavy atom. The van der Waals surface area contributed by atoms with Gasteiger partial charge in [0.2, 0.25) is 0 Å². The van der Waals surface area contributed by atoms with E-state index in [1.807, 2.05) is 19.9 Å². The maximum Gasteiger partial charge on any atom is 0.379 e. The molecule has 8 nitrogen and oxygen atoms in total. The number of ether oxygens (including phenoxy) is 1. The summed E-state index contributed by atoms with van der Waals surface area (Å²) in [7, 11) is 0. The normalized spacial score (nSPS) is 15.9. The van der Waals surface area contributed by atoms with E-state index in [0.717, 1.165) is 37.3 Å². The molecule has 8 heteroatoms. The van der Waals surface area contributed by atoms with Crippen LogP contribution in [0.5, 0.6) is 0 Å². The van der Waals surface area contributed by atoms with Crippen LogP contribution in [0.3, 0.4) is 0 Å². The van der Waals surface area contributed by atoms with Gasteiger partial charge in [-0.05, 0) is 39.7 Å². The Morgan fingerprint density at radius 1 is 1.22 bits per heavy atom. The Kier molecular flexibility index (Phi) is 3.97. The molecular formula is C15H19N5O3. The average molecular weight is 317 g/mol. The van der Waals surface area contributed by atoms with Gasteiger partial charge in [0.25, 0.3) is 17.5 Å². The van der Waals surface area contributed by atoms with Crippen LogP contribution in [-0.2, 0) is 9.53 Å². The van der Waals surface area contributed by atoms with Crippen molar-refractivity contribution >= 4 is 17.7 Å². The minimum Gasteiger partial charge on any atom is -0.447 e. The number of likely N-dealkylation sites (tertiary alicyclic amines) is 1. The minimum atomic E-state index is -0.844. The maximum absolute atomic E-state index is 12.2. The SMILES string of the molecule is Cc1cc(C)n2nc(C(=O)O[C@@H](C)C(=O)N3CCCC3)nc2n1. The molecule has 1 saturated heterocycles. The first kappa shape index (κ1) is 15.4. The fourth-order valence-electron chi connectivity index (χ4n) is 2.71. The van der Waals surface area contributed by atoms with Crippen molar-refractivity contribution in [1.29, 1.82) is 0 Å². The number of aryl methyl sites for hydroxylation is 2. The molecule has 0 unspecified atom stereocenters. The smallest absolute Gasteiger partial charge is 0.379 e. The van der Waals surface area contributed by atoms with E-state index >= 15 is 0 Å². The van der Waals surface area contributed by atoms with E-state index in [2.05, 4.69) is 15.1 Å². The summed E-state index contributed by atoms with van der Waals surface area (Å²) in [6, 6.07) is 1.84. The van der Waals surface area contributed by atoms with E-state index in [9.17, 15) is 9.59 Å². The molecule has 1 aliphatic rings. The van der Waals surface area contributed by atoms with Gasteiger partial charge in [-0.25, -0.2) is 14.3 Å². The molecule has 1 atom stereocenters. The molecule has 0 saturated carbocycles. The molecule has 2 aromatic rings. The summed E-state index contributed by atoms with van der Waals surface area (Å²) in [5.74, 6) is -0.641.